The van der Waals surface area contributed by atoms with Crippen molar-refractivity contribution in [3.8, 4) is 0 Å². The number of hydrazine groups is 1. The molecule has 1 atom stereocenters. The largest absolute Gasteiger partial charge is 0.383 e. The first-order chi connectivity index (χ1) is 7.86. The molecule has 7 heteroatoms. The van der Waals surface area contributed by atoms with Crippen LogP contribution in [0.1, 0.15) is 0 Å². The van der Waals surface area contributed by atoms with Crippen LogP contribution in [0, 0.1) is 0 Å². The van der Waals surface area contributed by atoms with Crippen molar-refractivity contribution in [3.63, 3.8) is 0 Å². The molecule has 1 rings (SSSR count). The van der Waals surface area contributed by atoms with Gasteiger partial charge >= 0.3 is 0 Å². The van der Waals surface area contributed by atoms with E-state index in [9.17, 15) is 0 Å². The molecule has 0 bridgehead atoms. The van der Waals surface area contributed by atoms with E-state index in [0.29, 0.717) is 24.4 Å². The Kier molecular flexibility index (Phi) is 7.83. The maximum absolute atomic E-state index is 5.37. The van der Waals surface area contributed by atoms with E-state index in [1.54, 1.807) is 7.11 Å². The fourth-order valence-electron chi connectivity index (χ4n) is 1.26. The monoisotopic (exact) mass is 264 g/mol. The lowest BCUT2D eigenvalue weighted by Crippen LogP contribution is -2.43. The summed E-state index contributed by atoms with van der Waals surface area (Å²) >= 11 is 4.00. The average Bonchev–Trinajstić information content (AvgIpc) is 2.35. The normalized spacial score (nSPS) is 21.9. The molecule has 4 N–H and O–H groups in total. The second kappa shape index (κ2) is 8.98. The van der Waals surface area contributed by atoms with E-state index in [1.807, 2.05) is 23.5 Å². The molecule has 94 valence electrons. The highest BCUT2D eigenvalue weighted by Gasteiger charge is 2.13. The molecular formula is C9H20N4OS2. The number of hydrogen-bond acceptors (Lipinski definition) is 5. The van der Waals surface area contributed by atoms with Crippen LogP contribution >= 0.6 is 23.5 Å². The van der Waals surface area contributed by atoms with Crippen molar-refractivity contribution in [2.75, 3.05) is 44.1 Å². The molecule has 1 fully saturated rings. The lowest BCUT2D eigenvalue weighted by atomic mass is 10.5. The Labute approximate surface area is 105 Å². The lowest BCUT2D eigenvalue weighted by Gasteiger charge is -2.19. The Morgan fingerprint density at radius 1 is 1.56 bits per heavy atom. The molecule has 0 aromatic heterocycles. The number of thioether (sulfide) groups is 2. The van der Waals surface area contributed by atoms with E-state index >= 15 is 0 Å². The molecule has 0 saturated carbocycles. The summed E-state index contributed by atoms with van der Waals surface area (Å²) in [5.41, 5.74) is 2.57. The molecule has 1 aliphatic rings. The van der Waals surface area contributed by atoms with Gasteiger partial charge in [-0.15, -0.1) is 0 Å². The standard InChI is InChI=1S/C9H20N4OS2/c1-14-3-2-11-9(13-10)12-6-8-7-15-4-5-16-8/h8H,2-7,10H2,1H3,(H2,11,12,13). The molecule has 1 unspecified atom stereocenters. The summed E-state index contributed by atoms with van der Waals surface area (Å²) in [7, 11) is 1.67. The van der Waals surface area contributed by atoms with Crippen LogP contribution in [0.4, 0.5) is 0 Å². The van der Waals surface area contributed by atoms with E-state index in [1.165, 1.54) is 17.3 Å². The zero-order valence-electron chi connectivity index (χ0n) is 9.57. The molecule has 1 heterocycles. The van der Waals surface area contributed by atoms with Crippen LogP contribution in [-0.2, 0) is 4.74 Å². The third-order valence-electron chi connectivity index (χ3n) is 2.07. The van der Waals surface area contributed by atoms with Crippen molar-refractivity contribution in [1.29, 1.82) is 0 Å². The van der Waals surface area contributed by atoms with Crippen LogP contribution in [0.25, 0.3) is 0 Å². The Balaban J connectivity index is 2.22. The second-order valence-corrected chi connectivity index (χ2v) is 5.88. The molecule has 0 aromatic carbocycles. The molecule has 1 saturated heterocycles. The minimum absolute atomic E-state index is 0.617. The fourth-order valence-corrected chi connectivity index (χ4v) is 3.84. The number of nitrogens with two attached hydrogens (primary N) is 1. The van der Waals surface area contributed by atoms with Gasteiger partial charge in [0.1, 0.15) is 0 Å². The van der Waals surface area contributed by atoms with Gasteiger partial charge in [0, 0.05) is 36.2 Å². The summed E-state index contributed by atoms with van der Waals surface area (Å²) < 4.78 is 4.94. The van der Waals surface area contributed by atoms with Crippen LogP contribution in [0.2, 0.25) is 0 Å². The van der Waals surface area contributed by atoms with Crippen LogP contribution in [-0.4, -0.2) is 55.3 Å². The van der Waals surface area contributed by atoms with Crippen molar-refractivity contribution < 1.29 is 4.74 Å². The van der Waals surface area contributed by atoms with Crippen LogP contribution in [0.3, 0.4) is 0 Å². The van der Waals surface area contributed by atoms with Crippen LogP contribution < -0.4 is 16.6 Å². The number of nitrogens with one attached hydrogen (secondary N) is 2. The minimum atomic E-state index is 0.617. The Morgan fingerprint density at radius 2 is 2.44 bits per heavy atom. The minimum Gasteiger partial charge on any atom is -0.383 e. The molecule has 0 radical (unpaired) electrons. The van der Waals surface area contributed by atoms with Crippen molar-refractivity contribution >= 4 is 29.5 Å². The molecule has 0 amide bonds. The second-order valence-electron chi connectivity index (χ2n) is 3.32. The molecule has 0 spiro atoms. The van der Waals surface area contributed by atoms with E-state index in [0.717, 1.165) is 6.54 Å². The quantitative estimate of drug-likeness (QED) is 0.212. The Hall–Kier alpha value is -0.110. The van der Waals surface area contributed by atoms with Gasteiger partial charge in [0.15, 0.2) is 0 Å². The highest BCUT2D eigenvalue weighted by molar-refractivity contribution is 8.06. The molecule has 0 aliphatic carbocycles. The third-order valence-corrected chi connectivity index (χ3v) is 4.90. The highest BCUT2D eigenvalue weighted by atomic mass is 32.2. The summed E-state index contributed by atoms with van der Waals surface area (Å²) in [6, 6.07) is 0. The lowest BCUT2D eigenvalue weighted by molar-refractivity contribution is 0.203. The summed E-state index contributed by atoms with van der Waals surface area (Å²) in [5, 5.41) is 3.70. The first-order valence-electron chi connectivity index (χ1n) is 5.30. The first kappa shape index (κ1) is 14.0. The molecule has 16 heavy (non-hydrogen) atoms. The number of ether oxygens (including phenoxy) is 1. The number of guanidine groups is 1. The smallest absolute Gasteiger partial charge is 0.205 e. The van der Waals surface area contributed by atoms with Gasteiger partial charge in [-0.05, 0) is 0 Å². The van der Waals surface area contributed by atoms with Gasteiger partial charge in [0.2, 0.25) is 5.96 Å². The van der Waals surface area contributed by atoms with Gasteiger partial charge in [0.05, 0.1) is 13.2 Å². The van der Waals surface area contributed by atoms with Crippen LogP contribution in [0.5, 0.6) is 0 Å². The zero-order valence-corrected chi connectivity index (χ0v) is 11.2. The van der Waals surface area contributed by atoms with Gasteiger partial charge < -0.3 is 10.1 Å². The van der Waals surface area contributed by atoms with E-state index in [4.69, 9.17) is 10.6 Å². The number of hydrogen-bond donors (Lipinski definition) is 3. The average molecular weight is 264 g/mol. The van der Waals surface area contributed by atoms with Crippen molar-refractivity contribution in [2.24, 2.45) is 10.8 Å². The molecule has 0 aromatic rings. The van der Waals surface area contributed by atoms with Gasteiger partial charge in [-0.25, -0.2) is 5.84 Å². The topological polar surface area (TPSA) is 71.7 Å². The van der Waals surface area contributed by atoms with E-state index in [-0.39, 0.29) is 0 Å². The van der Waals surface area contributed by atoms with Gasteiger partial charge in [-0.3, -0.25) is 10.4 Å². The number of methoxy groups -OCH3 is 1. The maximum atomic E-state index is 5.37. The Morgan fingerprint density at radius 3 is 3.06 bits per heavy atom. The first-order valence-corrected chi connectivity index (χ1v) is 7.50. The molecular weight excluding hydrogens is 244 g/mol. The Bertz CT molecular complexity index is 210. The summed E-state index contributed by atoms with van der Waals surface area (Å²) in [5.74, 6) is 9.70. The highest BCUT2D eigenvalue weighted by Crippen LogP contribution is 2.23. The number of rotatable bonds is 5. The predicted molar refractivity (Wildman–Crippen MR) is 73.1 cm³/mol. The SMILES string of the molecule is COCCNC(=NCC1CSCCS1)NN. The van der Waals surface area contributed by atoms with Crippen molar-refractivity contribution in [1.82, 2.24) is 10.7 Å². The third kappa shape index (κ3) is 5.83. The predicted octanol–water partition coefficient (Wildman–Crippen LogP) is -0.110. The van der Waals surface area contributed by atoms with Crippen molar-refractivity contribution in [3.05, 3.63) is 0 Å². The van der Waals surface area contributed by atoms with Gasteiger partial charge in [-0.1, -0.05) is 0 Å². The van der Waals surface area contributed by atoms with Gasteiger partial charge in [0.25, 0.3) is 0 Å². The zero-order chi connectivity index (χ0) is 11.6. The summed E-state index contributed by atoms with van der Waals surface area (Å²) in [6.45, 7) is 2.18. The molecule has 5 nitrogen and oxygen atoms in total. The summed E-state index contributed by atoms with van der Waals surface area (Å²) in [4.78, 5) is 4.42. The maximum Gasteiger partial charge on any atom is 0.205 e. The van der Waals surface area contributed by atoms with Gasteiger partial charge in [-0.2, -0.15) is 23.5 Å². The van der Waals surface area contributed by atoms with Crippen LogP contribution in [0.15, 0.2) is 4.99 Å². The number of nitrogens with zero attached hydrogens (tertiary/aromatic N) is 1. The fraction of sp³-hybridized carbons (Fsp3) is 0.889. The van der Waals surface area contributed by atoms with E-state index in [2.05, 4.69) is 15.7 Å². The van der Waals surface area contributed by atoms with Crippen molar-refractivity contribution in [2.45, 2.75) is 5.25 Å². The number of aliphatic imine (C=N–C) groups is 1. The molecule has 1 aliphatic heterocycles. The van der Waals surface area contributed by atoms with E-state index < -0.39 is 0 Å². The summed E-state index contributed by atoms with van der Waals surface area (Å²) in [6.07, 6.45) is 0.